The maximum Gasteiger partial charge on any atom is 0.271 e. The highest BCUT2D eigenvalue weighted by Gasteiger charge is 1.93. The van der Waals surface area contributed by atoms with Gasteiger partial charge < -0.3 is 0 Å². The van der Waals surface area contributed by atoms with Crippen LogP contribution in [0.25, 0.3) is 0 Å². The summed E-state index contributed by atoms with van der Waals surface area (Å²) in [6.45, 7) is 0. The number of rotatable bonds is 1. The Labute approximate surface area is 47.1 Å². The Morgan fingerprint density at radius 1 is 2.00 bits per heavy atom. The van der Waals surface area contributed by atoms with Crippen molar-refractivity contribution in [2.45, 2.75) is 0 Å². The molecule has 0 saturated heterocycles. The molecule has 3 nitrogen and oxygen atoms in total. The van der Waals surface area contributed by atoms with E-state index in [2.05, 4.69) is 12.2 Å². The van der Waals surface area contributed by atoms with Crippen LogP contribution in [0.2, 0.25) is 0 Å². The Balaban J connectivity index is 3.56. The summed E-state index contributed by atoms with van der Waals surface area (Å²) in [4.78, 5) is 10.2. The third kappa shape index (κ3) is 2.24. The van der Waals surface area contributed by atoms with E-state index in [9.17, 15) is 4.79 Å². The van der Waals surface area contributed by atoms with Crippen molar-refractivity contribution in [1.29, 1.82) is 0 Å². The van der Waals surface area contributed by atoms with Gasteiger partial charge in [-0.1, -0.05) is 12.2 Å². The molecule has 1 amide bonds. The van der Waals surface area contributed by atoms with Gasteiger partial charge in [-0.25, -0.2) is 5.84 Å². The molecule has 0 aromatic rings. The molecule has 0 aliphatic carbocycles. The molecule has 0 aromatic heterocycles. The van der Waals surface area contributed by atoms with Gasteiger partial charge in [0.2, 0.25) is 0 Å². The first-order valence-corrected chi connectivity index (χ1v) is 2.13. The summed E-state index contributed by atoms with van der Waals surface area (Å²) < 4.78 is 0. The maximum atomic E-state index is 10.2. The first-order chi connectivity index (χ1) is 3.18. The van der Waals surface area contributed by atoms with Crippen LogP contribution >= 0.6 is 12.2 Å². The van der Waals surface area contributed by atoms with Crippen molar-refractivity contribution in [3.05, 3.63) is 0 Å². The second-order valence-corrected chi connectivity index (χ2v) is 1.30. The lowest BCUT2D eigenvalue weighted by Crippen LogP contribution is -2.33. The van der Waals surface area contributed by atoms with Crippen molar-refractivity contribution in [3.63, 3.8) is 0 Å². The Morgan fingerprint density at radius 3 is 2.43 bits per heavy atom. The maximum absolute atomic E-state index is 10.2. The number of amides is 1. The Bertz CT molecular complexity index is 90.9. The molecule has 0 aliphatic rings. The molecule has 7 heavy (non-hydrogen) atoms. The zero-order chi connectivity index (χ0) is 5.86. The first-order valence-electron chi connectivity index (χ1n) is 1.66. The van der Waals surface area contributed by atoms with Gasteiger partial charge in [0.25, 0.3) is 5.91 Å². The number of thiocarbonyl (C=S) groups is 1. The number of hydrazine groups is 1. The molecule has 0 radical (unpaired) electrons. The van der Waals surface area contributed by atoms with Crippen LogP contribution in [0.5, 0.6) is 0 Å². The normalized spacial score (nSPS) is 7.71. The predicted octanol–water partition coefficient (Wildman–Crippen LogP) is -0.682. The van der Waals surface area contributed by atoms with Crippen LogP contribution < -0.4 is 5.84 Å². The largest absolute Gasteiger partial charge is 0.280 e. The topological polar surface area (TPSA) is 46.3 Å². The fraction of sp³-hybridized carbons (Fsp3) is 0.333. The van der Waals surface area contributed by atoms with E-state index in [1.165, 1.54) is 7.05 Å². The molecule has 0 unspecified atom stereocenters. The lowest BCUT2D eigenvalue weighted by atomic mass is 10.7. The summed E-state index contributed by atoms with van der Waals surface area (Å²) >= 11 is 4.25. The molecule has 0 bridgehead atoms. The van der Waals surface area contributed by atoms with Gasteiger partial charge in [-0.3, -0.25) is 9.80 Å². The average Bonchev–Trinajstić information content (AvgIpc) is 1.65. The predicted molar refractivity (Wildman–Crippen MR) is 30.6 cm³/mol. The summed E-state index contributed by atoms with van der Waals surface area (Å²) in [6, 6.07) is 0. The quantitative estimate of drug-likeness (QED) is 0.215. The van der Waals surface area contributed by atoms with E-state index in [4.69, 9.17) is 5.84 Å². The van der Waals surface area contributed by atoms with E-state index in [1.807, 2.05) is 0 Å². The van der Waals surface area contributed by atoms with E-state index in [0.29, 0.717) is 0 Å². The highest BCUT2D eigenvalue weighted by atomic mass is 32.1. The van der Waals surface area contributed by atoms with Gasteiger partial charge in [-0.15, -0.1) is 0 Å². The summed E-state index contributed by atoms with van der Waals surface area (Å²) in [6.07, 6.45) is 0. The van der Waals surface area contributed by atoms with E-state index in [0.717, 1.165) is 10.4 Å². The Hall–Kier alpha value is -0.480. The second kappa shape index (κ2) is 2.65. The number of nitrogens with two attached hydrogens (primary N) is 1. The Morgan fingerprint density at radius 2 is 2.43 bits per heavy atom. The molecular formula is C3H6N2OS. The number of carbonyl (C=O) groups excluding carboxylic acids is 1. The summed E-state index contributed by atoms with van der Waals surface area (Å²) in [5, 5.41) is 1.91. The van der Waals surface area contributed by atoms with E-state index < -0.39 is 0 Å². The third-order valence-corrected chi connectivity index (χ3v) is 0.650. The summed E-state index contributed by atoms with van der Waals surface area (Å²) in [5.74, 6) is 4.58. The van der Waals surface area contributed by atoms with Crippen LogP contribution in [-0.4, -0.2) is 23.3 Å². The molecule has 0 saturated carbocycles. The molecule has 0 fully saturated rings. The van der Waals surface area contributed by atoms with Crippen molar-refractivity contribution in [2.24, 2.45) is 5.84 Å². The van der Waals surface area contributed by atoms with Crippen molar-refractivity contribution < 1.29 is 4.79 Å². The molecule has 0 heterocycles. The van der Waals surface area contributed by atoms with Crippen LogP contribution in [0, 0.1) is 0 Å². The van der Waals surface area contributed by atoms with Crippen molar-refractivity contribution in [2.75, 3.05) is 7.05 Å². The minimum atomic E-state index is -0.352. The molecule has 0 aliphatic heterocycles. The van der Waals surface area contributed by atoms with Gasteiger partial charge in [0.1, 0.15) is 0 Å². The molecule has 2 N–H and O–H groups in total. The highest BCUT2D eigenvalue weighted by Crippen LogP contribution is 1.65. The van der Waals surface area contributed by atoms with Gasteiger partial charge in [0.15, 0.2) is 0 Å². The molecule has 4 heteroatoms. The highest BCUT2D eigenvalue weighted by molar-refractivity contribution is 7.80. The number of hydrogen-bond donors (Lipinski definition) is 1. The standard InChI is InChI=1S/C3H6N2OS/c1-5(4)3(6)2-7/h2H,4H2,1H3. The Kier molecular flexibility index (Phi) is 2.47. The minimum absolute atomic E-state index is 0.352. The number of carbonyl (C=O) groups is 1. The van der Waals surface area contributed by atoms with Crippen LogP contribution in [0.1, 0.15) is 0 Å². The van der Waals surface area contributed by atoms with E-state index >= 15 is 0 Å². The molecule has 40 valence electrons. The van der Waals surface area contributed by atoms with Gasteiger partial charge in [-0.05, 0) is 0 Å². The van der Waals surface area contributed by atoms with Gasteiger partial charge in [-0.2, -0.15) is 0 Å². The van der Waals surface area contributed by atoms with E-state index in [-0.39, 0.29) is 5.91 Å². The average molecular weight is 118 g/mol. The van der Waals surface area contributed by atoms with Crippen LogP contribution in [0.3, 0.4) is 0 Å². The molecule has 0 atom stereocenters. The molecule has 0 aromatic carbocycles. The van der Waals surface area contributed by atoms with Crippen molar-refractivity contribution >= 4 is 23.5 Å². The fourth-order valence-electron chi connectivity index (χ4n) is 0.0831. The van der Waals surface area contributed by atoms with Gasteiger partial charge in [0, 0.05) is 7.05 Å². The lowest BCUT2D eigenvalue weighted by molar-refractivity contribution is -0.122. The minimum Gasteiger partial charge on any atom is -0.280 e. The smallest absolute Gasteiger partial charge is 0.271 e. The van der Waals surface area contributed by atoms with Crippen LogP contribution in [0.15, 0.2) is 0 Å². The zero-order valence-electron chi connectivity index (χ0n) is 3.92. The lowest BCUT2D eigenvalue weighted by Gasteiger charge is -2.02. The monoisotopic (exact) mass is 118 g/mol. The van der Waals surface area contributed by atoms with Crippen LogP contribution in [0.4, 0.5) is 0 Å². The van der Waals surface area contributed by atoms with Crippen LogP contribution in [-0.2, 0) is 4.79 Å². The number of nitrogens with zero attached hydrogens (tertiary/aromatic N) is 1. The third-order valence-electron chi connectivity index (χ3n) is 0.448. The molecule has 0 spiro atoms. The van der Waals surface area contributed by atoms with Gasteiger partial charge >= 0.3 is 0 Å². The second-order valence-electron chi connectivity index (χ2n) is 1.07. The molecular weight excluding hydrogens is 112 g/mol. The van der Waals surface area contributed by atoms with Crippen molar-refractivity contribution in [3.8, 4) is 0 Å². The summed E-state index contributed by atoms with van der Waals surface area (Å²) in [7, 11) is 1.44. The van der Waals surface area contributed by atoms with E-state index in [1.54, 1.807) is 0 Å². The summed E-state index contributed by atoms with van der Waals surface area (Å²) in [5.41, 5.74) is 0. The van der Waals surface area contributed by atoms with Crippen molar-refractivity contribution in [1.82, 2.24) is 5.01 Å². The molecule has 0 rings (SSSR count). The zero-order valence-corrected chi connectivity index (χ0v) is 4.73. The SMILES string of the molecule is CN(N)C(=O)C=S. The van der Waals surface area contributed by atoms with Gasteiger partial charge in [0.05, 0.1) is 5.37 Å². The number of hydrogen-bond acceptors (Lipinski definition) is 3. The fourth-order valence-corrected chi connectivity index (χ4v) is 0.249. The first kappa shape index (κ1) is 6.52.